The molecule has 1 aromatic carbocycles. The number of ketones is 1. The number of aromatic nitrogens is 1. The summed E-state index contributed by atoms with van der Waals surface area (Å²) in [6, 6.07) is 4.96. The Morgan fingerprint density at radius 2 is 2.21 bits per heavy atom. The van der Waals surface area contributed by atoms with E-state index in [4.69, 9.17) is 0 Å². The third-order valence-electron chi connectivity index (χ3n) is 2.84. The van der Waals surface area contributed by atoms with E-state index in [1.54, 1.807) is 35.0 Å². The van der Waals surface area contributed by atoms with Crippen LogP contribution in [0.3, 0.4) is 0 Å². The molecule has 0 radical (unpaired) electrons. The highest BCUT2D eigenvalue weighted by atomic mass is 32.1. The lowest BCUT2D eigenvalue weighted by Crippen LogP contribution is -2.17. The first-order valence-corrected chi connectivity index (χ1v) is 6.89. The summed E-state index contributed by atoms with van der Waals surface area (Å²) in [6.45, 7) is 2.81. The molecule has 19 heavy (non-hydrogen) atoms. The Hall–Kier alpha value is -1.72. The van der Waals surface area contributed by atoms with Crippen molar-refractivity contribution in [2.24, 2.45) is 0 Å². The van der Waals surface area contributed by atoms with Crippen LogP contribution in [0.5, 0.6) is 5.75 Å². The SMILES string of the molecule is CC(=O)c1ccc(O)c(CN(C)Cc2cscn2)c1. The first-order chi connectivity index (χ1) is 9.06. The number of nitrogens with zero attached hydrogens (tertiary/aromatic N) is 2. The minimum Gasteiger partial charge on any atom is -0.508 e. The van der Waals surface area contributed by atoms with Gasteiger partial charge in [0.15, 0.2) is 5.78 Å². The van der Waals surface area contributed by atoms with Crippen molar-refractivity contribution in [3.63, 3.8) is 0 Å². The van der Waals surface area contributed by atoms with Crippen molar-refractivity contribution in [2.75, 3.05) is 7.05 Å². The third-order valence-corrected chi connectivity index (χ3v) is 3.48. The van der Waals surface area contributed by atoms with Gasteiger partial charge in [0.25, 0.3) is 0 Å². The number of hydrogen-bond donors (Lipinski definition) is 1. The highest BCUT2D eigenvalue weighted by Crippen LogP contribution is 2.21. The number of thiazole rings is 1. The van der Waals surface area contributed by atoms with Crippen molar-refractivity contribution in [2.45, 2.75) is 20.0 Å². The van der Waals surface area contributed by atoms with Crippen LogP contribution in [0, 0.1) is 0 Å². The van der Waals surface area contributed by atoms with Gasteiger partial charge in [-0.1, -0.05) is 0 Å². The normalized spacial score (nSPS) is 10.9. The van der Waals surface area contributed by atoms with E-state index >= 15 is 0 Å². The van der Waals surface area contributed by atoms with Gasteiger partial charge < -0.3 is 5.11 Å². The zero-order valence-electron chi connectivity index (χ0n) is 11.0. The molecule has 4 nitrogen and oxygen atoms in total. The van der Waals surface area contributed by atoms with Crippen LogP contribution in [0.2, 0.25) is 0 Å². The molecule has 0 bridgehead atoms. The summed E-state index contributed by atoms with van der Waals surface area (Å²) in [6.07, 6.45) is 0. The summed E-state index contributed by atoms with van der Waals surface area (Å²) in [5.41, 5.74) is 4.19. The van der Waals surface area contributed by atoms with Crippen molar-refractivity contribution >= 4 is 17.1 Å². The largest absolute Gasteiger partial charge is 0.508 e. The maximum Gasteiger partial charge on any atom is 0.159 e. The Morgan fingerprint density at radius 1 is 1.42 bits per heavy atom. The average Bonchev–Trinajstić information content (AvgIpc) is 2.84. The average molecular weight is 276 g/mol. The van der Waals surface area contributed by atoms with Crippen LogP contribution >= 0.6 is 11.3 Å². The Balaban J connectivity index is 2.09. The van der Waals surface area contributed by atoms with Gasteiger partial charge in [-0.2, -0.15) is 0 Å². The summed E-state index contributed by atoms with van der Waals surface area (Å²) in [4.78, 5) is 17.6. The predicted octanol–water partition coefficient (Wildman–Crippen LogP) is 2.68. The summed E-state index contributed by atoms with van der Waals surface area (Å²) in [5.74, 6) is 0.221. The van der Waals surface area contributed by atoms with Gasteiger partial charge in [0.2, 0.25) is 0 Å². The molecule has 0 saturated carbocycles. The van der Waals surface area contributed by atoms with E-state index in [1.807, 2.05) is 17.3 Å². The third kappa shape index (κ3) is 3.62. The quantitative estimate of drug-likeness (QED) is 0.853. The van der Waals surface area contributed by atoms with Gasteiger partial charge in [-0.15, -0.1) is 11.3 Å². The minimum atomic E-state index is 0.00315. The molecule has 1 N–H and O–H groups in total. The molecule has 0 amide bonds. The highest BCUT2D eigenvalue weighted by Gasteiger charge is 2.09. The van der Waals surface area contributed by atoms with Crippen molar-refractivity contribution in [1.29, 1.82) is 0 Å². The van der Waals surface area contributed by atoms with E-state index in [-0.39, 0.29) is 11.5 Å². The van der Waals surface area contributed by atoms with Crippen LogP contribution in [0.25, 0.3) is 0 Å². The Bertz CT molecular complexity index is 567. The number of carbonyl (C=O) groups excluding carboxylic acids is 1. The summed E-state index contributed by atoms with van der Waals surface area (Å²) >= 11 is 1.57. The van der Waals surface area contributed by atoms with Gasteiger partial charge in [0.1, 0.15) is 5.75 Å². The number of hydrogen-bond acceptors (Lipinski definition) is 5. The molecule has 0 aliphatic rings. The van der Waals surface area contributed by atoms with E-state index in [9.17, 15) is 9.90 Å². The molecule has 0 aliphatic carbocycles. The predicted molar refractivity (Wildman–Crippen MR) is 75.4 cm³/mol. The number of carbonyl (C=O) groups is 1. The molecular weight excluding hydrogens is 260 g/mol. The fraction of sp³-hybridized carbons (Fsp3) is 0.286. The second-order valence-corrected chi connectivity index (χ2v) is 5.27. The highest BCUT2D eigenvalue weighted by molar-refractivity contribution is 7.07. The molecule has 0 saturated heterocycles. The fourth-order valence-electron chi connectivity index (χ4n) is 1.87. The van der Waals surface area contributed by atoms with E-state index in [1.165, 1.54) is 6.92 Å². The number of phenolic OH excluding ortho intramolecular Hbond substituents is 1. The lowest BCUT2D eigenvalue weighted by Gasteiger charge is -2.16. The molecule has 1 aromatic heterocycles. The van der Waals surface area contributed by atoms with Crippen molar-refractivity contribution in [1.82, 2.24) is 9.88 Å². The van der Waals surface area contributed by atoms with Crippen LogP contribution in [0.4, 0.5) is 0 Å². The van der Waals surface area contributed by atoms with E-state index in [0.29, 0.717) is 18.7 Å². The standard InChI is InChI=1S/C14H16N2O2S/c1-10(17)11-3-4-14(18)12(5-11)6-16(2)7-13-8-19-9-15-13/h3-5,8-9,18H,6-7H2,1-2H3. The number of Topliss-reactive ketones (excluding diaryl/α,β-unsaturated/α-hetero) is 1. The van der Waals surface area contributed by atoms with Gasteiger partial charge in [-0.25, -0.2) is 4.98 Å². The van der Waals surface area contributed by atoms with E-state index < -0.39 is 0 Å². The molecule has 0 unspecified atom stereocenters. The fourth-order valence-corrected chi connectivity index (χ4v) is 2.42. The zero-order valence-corrected chi connectivity index (χ0v) is 11.8. The maximum atomic E-state index is 11.3. The first-order valence-electron chi connectivity index (χ1n) is 5.94. The molecule has 2 aromatic rings. The van der Waals surface area contributed by atoms with Crippen LogP contribution < -0.4 is 0 Å². The zero-order chi connectivity index (χ0) is 13.8. The molecule has 100 valence electrons. The number of aromatic hydroxyl groups is 1. The lowest BCUT2D eigenvalue weighted by molar-refractivity contribution is 0.101. The van der Waals surface area contributed by atoms with Crippen molar-refractivity contribution in [3.05, 3.63) is 45.9 Å². The molecular formula is C14H16N2O2S. The monoisotopic (exact) mass is 276 g/mol. The van der Waals surface area contributed by atoms with Crippen LogP contribution in [0.15, 0.2) is 29.1 Å². The van der Waals surface area contributed by atoms with Gasteiger partial charge in [-0.05, 0) is 32.2 Å². The topological polar surface area (TPSA) is 53.4 Å². The van der Waals surface area contributed by atoms with Gasteiger partial charge in [0, 0.05) is 29.6 Å². The molecule has 0 atom stereocenters. The Kier molecular flexibility index (Phi) is 4.29. The van der Waals surface area contributed by atoms with Crippen molar-refractivity contribution < 1.29 is 9.90 Å². The summed E-state index contributed by atoms with van der Waals surface area (Å²) < 4.78 is 0. The number of phenols is 1. The molecule has 5 heteroatoms. The second kappa shape index (κ2) is 5.95. The van der Waals surface area contributed by atoms with E-state index in [0.717, 1.165) is 11.3 Å². The number of benzene rings is 1. The van der Waals surface area contributed by atoms with Crippen LogP contribution in [-0.2, 0) is 13.1 Å². The van der Waals surface area contributed by atoms with E-state index in [2.05, 4.69) is 4.98 Å². The molecule has 0 fully saturated rings. The van der Waals surface area contributed by atoms with Gasteiger partial charge in [0.05, 0.1) is 11.2 Å². The Morgan fingerprint density at radius 3 is 2.84 bits per heavy atom. The molecule has 1 heterocycles. The van der Waals surface area contributed by atoms with Gasteiger partial charge in [-0.3, -0.25) is 9.69 Å². The summed E-state index contributed by atoms with van der Waals surface area (Å²) in [7, 11) is 1.96. The number of rotatable bonds is 5. The van der Waals surface area contributed by atoms with Crippen LogP contribution in [-0.4, -0.2) is 27.8 Å². The lowest BCUT2D eigenvalue weighted by atomic mass is 10.1. The molecule has 0 aliphatic heterocycles. The molecule has 0 spiro atoms. The second-order valence-electron chi connectivity index (χ2n) is 4.55. The molecule has 2 rings (SSSR count). The van der Waals surface area contributed by atoms with Crippen LogP contribution in [0.1, 0.15) is 28.5 Å². The van der Waals surface area contributed by atoms with Gasteiger partial charge >= 0.3 is 0 Å². The smallest absolute Gasteiger partial charge is 0.159 e. The van der Waals surface area contributed by atoms with Crippen molar-refractivity contribution in [3.8, 4) is 5.75 Å². The minimum absolute atomic E-state index is 0.00315. The Labute approximate surface area is 116 Å². The maximum absolute atomic E-state index is 11.3. The first kappa shape index (κ1) is 13.7. The summed E-state index contributed by atoms with van der Waals surface area (Å²) in [5, 5.41) is 11.8.